The molecule has 0 atom stereocenters. The molecule has 0 heterocycles. The van der Waals surface area contributed by atoms with Gasteiger partial charge < -0.3 is 4.79 Å². The standard InChI is InChI=1S/C16H16O2/c1-11(17)6-7-13-4-3-5-14-8-9-15(12(2)18)10-16(13)14/h3-5,8-10H,6-7H2,1-2H3. The van der Waals surface area contributed by atoms with Gasteiger partial charge in [-0.05, 0) is 42.7 Å². The summed E-state index contributed by atoms with van der Waals surface area (Å²) in [5.74, 6) is 0.257. The number of Topliss-reactive ketones (excluding diaryl/α,β-unsaturated/α-hetero) is 2. The Morgan fingerprint density at radius 2 is 1.83 bits per heavy atom. The van der Waals surface area contributed by atoms with E-state index >= 15 is 0 Å². The van der Waals surface area contributed by atoms with Crippen molar-refractivity contribution in [3.05, 3.63) is 47.5 Å². The Hall–Kier alpha value is -1.96. The highest BCUT2D eigenvalue weighted by atomic mass is 16.1. The number of carbonyl (C=O) groups is 2. The minimum absolute atomic E-state index is 0.0678. The Kier molecular flexibility index (Phi) is 3.56. The SMILES string of the molecule is CC(=O)CCc1cccc2ccc(C(C)=O)cc12. The maximum Gasteiger partial charge on any atom is 0.159 e. The van der Waals surface area contributed by atoms with E-state index in [1.807, 2.05) is 36.4 Å². The molecule has 18 heavy (non-hydrogen) atoms. The molecule has 2 rings (SSSR count). The van der Waals surface area contributed by atoms with Crippen LogP contribution in [0.4, 0.5) is 0 Å². The van der Waals surface area contributed by atoms with Crippen molar-refractivity contribution in [1.29, 1.82) is 0 Å². The van der Waals surface area contributed by atoms with Gasteiger partial charge in [0.25, 0.3) is 0 Å². The van der Waals surface area contributed by atoms with Crippen LogP contribution < -0.4 is 0 Å². The third kappa shape index (κ3) is 2.65. The van der Waals surface area contributed by atoms with Crippen LogP contribution in [0.3, 0.4) is 0 Å². The topological polar surface area (TPSA) is 34.1 Å². The number of ketones is 2. The van der Waals surface area contributed by atoms with Crippen LogP contribution in [0.2, 0.25) is 0 Å². The van der Waals surface area contributed by atoms with Crippen molar-refractivity contribution in [3.63, 3.8) is 0 Å². The first-order valence-electron chi connectivity index (χ1n) is 6.10. The number of hydrogen-bond donors (Lipinski definition) is 0. The maximum absolute atomic E-state index is 11.4. The summed E-state index contributed by atoms with van der Waals surface area (Å²) >= 11 is 0. The Labute approximate surface area is 107 Å². The van der Waals surface area contributed by atoms with Crippen LogP contribution in [-0.2, 0) is 11.2 Å². The van der Waals surface area contributed by atoms with E-state index in [0.717, 1.165) is 28.3 Å². The number of fused-ring (bicyclic) bond motifs is 1. The van der Waals surface area contributed by atoms with Crippen molar-refractivity contribution in [2.24, 2.45) is 0 Å². The van der Waals surface area contributed by atoms with Gasteiger partial charge in [-0.15, -0.1) is 0 Å². The minimum Gasteiger partial charge on any atom is -0.300 e. The average Bonchev–Trinajstić information content (AvgIpc) is 2.35. The summed E-state index contributed by atoms with van der Waals surface area (Å²) in [6.45, 7) is 3.17. The van der Waals surface area contributed by atoms with Crippen LogP contribution >= 0.6 is 0 Å². The molecule has 0 bridgehead atoms. The van der Waals surface area contributed by atoms with Crippen LogP contribution in [0.25, 0.3) is 10.8 Å². The summed E-state index contributed by atoms with van der Waals surface area (Å²) in [6.07, 6.45) is 1.28. The molecule has 0 amide bonds. The molecule has 0 aromatic heterocycles. The van der Waals surface area contributed by atoms with Gasteiger partial charge >= 0.3 is 0 Å². The summed E-state index contributed by atoms with van der Waals surface area (Å²) in [4.78, 5) is 22.5. The average molecular weight is 240 g/mol. The molecular weight excluding hydrogens is 224 g/mol. The van der Waals surface area contributed by atoms with E-state index in [4.69, 9.17) is 0 Å². The predicted molar refractivity (Wildman–Crippen MR) is 73.0 cm³/mol. The van der Waals surface area contributed by atoms with Crippen LogP contribution in [-0.4, -0.2) is 11.6 Å². The second-order valence-electron chi connectivity index (χ2n) is 4.61. The molecule has 2 nitrogen and oxygen atoms in total. The highest BCUT2D eigenvalue weighted by Crippen LogP contribution is 2.22. The Morgan fingerprint density at radius 1 is 1.06 bits per heavy atom. The van der Waals surface area contributed by atoms with E-state index in [9.17, 15) is 9.59 Å². The lowest BCUT2D eigenvalue weighted by atomic mass is 9.97. The van der Waals surface area contributed by atoms with Gasteiger partial charge in [-0.2, -0.15) is 0 Å². The van der Waals surface area contributed by atoms with Crippen LogP contribution in [0.5, 0.6) is 0 Å². The first kappa shape index (κ1) is 12.5. The molecule has 0 spiro atoms. The summed E-state index contributed by atoms with van der Waals surface area (Å²) in [7, 11) is 0. The maximum atomic E-state index is 11.4. The van der Waals surface area contributed by atoms with Crippen molar-refractivity contribution in [3.8, 4) is 0 Å². The Morgan fingerprint density at radius 3 is 2.50 bits per heavy atom. The van der Waals surface area contributed by atoms with Gasteiger partial charge in [-0.3, -0.25) is 4.79 Å². The monoisotopic (exact) mass is 240 g/mol. The smallest absolute Gasteiger partial charge is 0.159 e. The summed E-state index contributed by atoms with van der Waals surface area (Å²) in [5, 5.41) is 2.19. The summed E-state index contributed by atoms with van der Waals surface area (Å²) in [6, 6.07) is 11.8. The second-order valence-corrected chi connectivity index (χ2v) is 4.61. The lowest BCUT2D eigenvalue weighted by Crippen LogP contribution is -1.96. The second kappa shape index (κ2) is 5.13. The van der Waals surface area contributed by atoms with E-state index in [1.54, 1.807) is 13.8 Å². The van der Waals surface area contributed by atoms with Gasteiger partial charge in [0.15, 0.2) is 5.78 Å². The van der Waals surface area contributed by atoms with E-state index < -0.39 is 0 Å². The third-order valence-corrected chi connectivity index (χ3v) is 3.13. The molecule has 0 unspecified atom stereocenters. The molecule has 2 aromatic rings. The lowest BCUT2D eigenvalue weighted by molar-refractivity contribution is -0.116. The largest absolute Gasteiger partial charge is 0.300 e. The Balaban J connectivity index is 2.48. The first-order chi connectivity index (χ1) is 8.58. The minimum atomic E-state index is 0.0678. The Bertz CT molecular complexity index is 612. The summed E-state index contributed by atoms with van der Waals surface area (Å²) < 4.78 is 0. The van der Waals surface area contributed by atoms with E-state index in [0.29, 0.717) is 6.42 Å². The zero-order valence-corrected chi connectivity index (χ0v) is 10.7. The van der Waals surface area contributed by atoms with Gasteiger partial charge in [0.1, 0.15) is 5.78 Å². The van der Waals surface area contributed by atoms with E-state index in [-0.39, 0.29) is 11.6 Å². The first-order valence-corrected chi connectivity index (χ1v) is 6.10. The highest BCUT2D eigenvalue weighted by Gasteiger charge is 2.05. The van der Waals surface area contributed by atoms with Crippen molar-refractivity contribution < 1.29 is 9.59 Å². The molecule has 0 saturated heterocycles. The normalized spacial score (nSPS) is 10.6. The molecule has 0 radical (unpaired) electrons. The fraction of sp³-hybridized carbons (Fsp3) is 0.250. The number of hydrogen-bond acceptors (Lipinski definition) is 2. The molecule has 0 saturated carbocycles. The fourth-order valence-electron chi connectivity index (χ4n) is 2.09. The van der Waals surface area contributed by atoms with Crippen LogP contribution in [0.1, 0.15) is 36.2 Å². The van der Waals surface area contributed by atoms with Crippen LogP contribution in [0.15, 0.2) is 36.4 Å². The molecule has 2 aromatic carbocycles. The molecular formula is C16H16O2. The van der Waals surface area contributed by atoms with E-state index in [1.165, 1.54) is 0 Å². The van der Waals surface area contributed by atoms with Crippen molar-refractivity contribution in [2.75, 3.05) is 0 Å². The number of benzene rings is 2. The van der Waals surface area contributed by atoms with Gasteiger partial charge in [0.2, 0.25) is 0 Å². The van der Waals surface area contributed by atoms with Gasteiger partial charge in [-0.1, -0.05) is 30.3 Å². The van der Waals surface area contributed by atoms with Gasteiger partial charge in [-0.25, -0.2) is 0 Å². The third-order valence-electron chi connectivity index (χ3n) is 3.13. The molecule has 2 heteroatoms. The van der Waals surface area contributed by atoms with Gasteiger partial charge in [0, 0.05) is 12.0 Å². The van der Waals surface area contributed by atoms with Crippen molar-refractivity contribution >= 4 is 22.3 Å². The molecule has 0 aliphatic rings. The molecule has 0 N–H and O–H groups in total. The van der Waals surface area contributed by atoms with Crippen molar-refractivity contribution in [1.82, 2.24) is 0 Å². The number of rotatable bonds is 4. The van der Waals surface area contributed by atoms with Crippen molar-refractivity contribution in [2.45, 2.75) is 26.7 Å². The van der Waals surface area contributed by atoms with Crippen LogP contribution in [0, 0.1) is 0 Å². The highest BCUT2D eigenvalue weighted by molar-refractivity contribution is 5.99. The predicted octanol–water partition coefficient (Wildman–Crippen LogP) is 3.56. The fourth-order valence-corrected chi connectivity index (χ4v) is 2.09. The molecule has 92 valence electrons. The molecule has 0 aliphatic carbocycles. The van der Waals surface area contributed by atoms with Gasteiger partial charge in [0.05, 0.1) is 0 Å². The number of carbonyl (C=O) groups excluding carboxylic acids is 2. The zero-order valence-electron chi connectivity index (χ0n) is 10.7. The molecule has 0 aliphatic heterocycles. The molecule has 0 fully saturated rings. The summed E-state index contributed by atoms with van der Waals surface area (Å²) in [5.41, 5.74) is 1.85. The number of aryl methyl sites for hydroxylation is 1. The zero-order chi connectivity index (χ0) is 13.1. The lowest BCUT2D eigenvalue weighted by Gasteiger charge is -2.07. The van der Waals surface area contributed by atoms with E-state index in [2.05, 4.69) is 0 Å². The quantitative estimate of drug-likeness (QED) is 0.766.